The summed E-state index contributed by atoms with van der Waals surface area (Å²) in [5, 5.41) is 8.01. The van der Waals surface area contributed by atoms with Crippen molar-refractivity contribution in [3.05, 3.63) is 24.0 Å². The molecule has 1 aliphatic heterocycles. The molecule has 0 aliphatic carbocycles. The Bertz CT molecular complexity index is 244. The molecule has 0 spiro atoms. The first-order valence-electron chi connectivity index (χ1n) is 4.79. The number of aromatic nitrogens is 2. The minimum Gasteiger partial charge on any atom is -0.162 e. The van der Waals surface area contributed by atoms with Crippen LogP contribution >= 0.6 is 11.8 Å². The van der Waals surface area contributed by atoms with Crippen molar-refractivity contribution >= 4 is 11.8 Å². The van der Waals surface area contributed by atoms with Gasteiger partial charge in [-0.05, 0) is 48.8 Å². The van der Waals surface area contributed by atoms with E-state index in [4.69, 9.17) is 0 Å². The minimum absolute atomic E-state index is 0.845. The van der Waals surface area contributed by atoms with Crippen LogP contribution in [-0.2, 0) is 6.42 Å². The van der Waals surface area contributed by atoms with Crippen molar-refractivity contribution < 1.29 is 0 Å². The molecule has 0 saturated carbocycles. The molecule has 0 N–H and O–H groups in total. The van der Waals surface area contributed by atoms with Gasteiger partial charge in [-0.3, -0.25) is 0 Å². The number of rotatable bonds is 2. The monoisotopic (exact) mass is 194 g/mol. The van der Waals surface area contributed by atoms with Gasteiger partial charge in [0.25, 0.3) is 0 Å². The van der Waals surface area contributed by atoms with E-state index in [-0.39, 0.29) is 0 Å². The molecule has 2 nitrogen and oxygen atoms in total. The third kappa shape index (κ3) is 2.69. The van der Waals surface area contributed by atoms with Crippen LogP contribution in [0.25, 0.3) is 0 Å². The van der Waals surface area contributed by atoms with Crippen molar-refractivity contribution in [1.29, 1.82) is 0 Å². The first-order valence-corrected chi connectivity index (χ1v) is 5.95. The minimum atomic E-state index is 0.845. The van der Waals surface area contributed by atoms with Crippen molar-refractivity contribution in [3.63, 3.8) is 0 Å². The zero-order valence-corrected chi connectivity index (χ0v) is 8.46. The summed E-state index contributed by atoms with van der Waals surface area (Å²) in [7, 11) is 0. The summed E-state index contributed by atoms with van der Waals surface area (Å²) < 4.78 is 0. The van der Waals surface area contributed by atoms with E-state index in [0.29, 0.717) is 0 Å². The molecule has 1 saturated heterocycles. The van der Waals surface area contributed by atoms with E-state index in [9.17, 15) is 0 Å². The Morgan fingerprint density at radius 2 is 2.23 bits per heavy atom. The van der Waals surface area contributed by atoms with Crippen LogP contribution in [0.5, 0.6) is 0 Å². The Kier molecular flexibility index (Phi) is 3.19. The van der Waals surface area contributed by atoms with E-state index < -0.39 is 0 Å². The fourth-order valence-corrected chi connectivity index (χ4v) is 2.89. The molecule has 1 aromatic heterocycles. The molecule has 1 aromatic rings. The molecule has 0 bridgehead atoms. The topological polar surface area (TPSA) is 25.8 Å². The van der Waals surface area contributed by atoms with Gasteiger partial charge in [-0.25, -0.2) is 0 Å². The molecular formula is C10H14N2S. The fourth-order valence-electron chi connectivity index (χ4n) is 1.69. The van der Waals surface area contributed by atoms with E-state index in [2.05, 4.69) is 28.0 Å². The second-order valence-corrected chi connectivity index (χ2v) is 4.70. The van der Waals surface area contributed by atoms with Gasteiger partial charge in [-0.1, -0.05) is 0 Å². The van der Waals surface area contributed by atoms with Gasteiger partial charge < -0.3 is 0 Å². The van der Waals surface area contributed by atoms with Gasteiger partial charge in [0.15, 0.2) is 0 Å². The standard InChI is InChI=1S/C10H14N2S/c1-2-10(12-11-5-1)8-9-3-6-13-7-4-9/h1-2,5,9H,3-4,6-8H2. The molecule has 1 aliphatic rings. The molecule has 0 radical (unpaired) electrons. The lowest BCUT2D eigenvalue weighted by Crippen LogP contribution is -2.13. The predicted molar refractivity (Wildman–Crippen MR) is 55.8 cm³/mol. The van der Waals surface area contributed by atoms with Gasteiger partial charge in [0.1, 0.15) is 0 Å². The molecule has 2 rings (SSSR count). The smallest absolute Gasteiger partial charge is 0.0633 e. The highest BCUT2D eigenvalue weighted by atomic mass is 32.2. The third-order valence-electron chi connectivity index (χ3n) is 2.47. The Balaban J connectivity index is 1.90. The number of thioether (sulfide) groups is 1. The first-order chi connectivity index (χ1) is 6.45. The van der Waals surface area contributed by atoms with Crippen LogP contribution in [0.3, 0.4) is 0 Å². The maximum Gasteiger partial charge on any atom is 0.0633 e. The van der Waals surface area contributed by atoms with Crippen molar-refractivity contribution in [2.75, 3.05) is 11.5 Å². The number of hydrogen-bond donors (Lipinski definition) is 0. The van der Waals surface area contributed by atoms with Gasteiger partial charge in [-0.15, -0.1) is 0 Å². The average molecular weight is 194 g/mol. The second kappa shape index (κ2) is 4.61. The summed E-state index contributed by atoms with van der Waals surface area (Å²) in [6.07, 6.45) is 5.55. The SMILES string of the molecule is c1cnnc(CC2CCSCC2)c1. The Morgan fingerprint density at radius 3 is 2.92 bits per heavy atom. The Labute approximate surface area is 83.1 Å². The van der Waals surface area contributed by atoms with E-state index in [1.54, 1.807) is 6.20 Å². The Morgan fingerprint density at radius 1 is 1.38 bits per heavy atom. The maximum absolute atomic E-state index is 4.12. The zero-order valence-electron chi connectivity index (χ0n) is 7.65. The quantitative estimate of drug-likeness (QED) is 0.721. The summed E-state index contributed by atoms with van der Waals surface area (Å²) in [6, 6.07) is 4.05. The number of nitrogens with zero attached hydrogens (tertiary/aromatic N) is 2. The number of hydrogen-bond acceptors (Lipinski definition) is 3. The molecule has 70 valence electrons. The lowest BCUT2D eigenvalue weighted by atomic mass is 9.97. The van der Waals surface area contributed by atoms with Gasteiger partial charge in [-0.2, -0.15) is 22.0 Å². The van der Waals surface area contributed by atoms with Gasteiger partial charge in [0.2, 0.25) is 0 Å². The van der Waals surface area contributed by atoms with Crippen molar-refractivity contribution in [1.82, 2.24) is 10.2 Å². The van der Waals surface area contributed by atoms with Crippen LogP contribution in [0.2, 0.25) is 0 Å². The van der Waals surface area contributed by atoms with Crippen molar-refractivity contribution in [3.8, 4) is 0 Å². The maximum atomic E-state index is 4.12. The van der Waals surface area contributed by atoms with Gasteiger partial charge in [0, 0.05) is 6.20 Å². The van der Waals surface area contributed by atoms with Crippen LogP contribution in [-0.4, -0.2) is 21.7 Å². The molecule has 0 unspecified atom stereocenters. The lowest BCUT2D eigenvalue weighted by Gasteiger charge is -2.20. The summed E-state index contributed by atoms with van der Waals surface area (Å²) in [6.45, 7) is 0. The van der Waals surface area contributed by atoms with Crippen LogP contribution in [0.1, 0.15) is 18.5 Å². The average Bonchev–Trinajstić information content (AvgIpc) is 2.21. The van der Waals surface area contributed by atoms with E-state index in [1.165, 1.54) is 24.3 Å². The van der Waals surface area contributed by atoms with E-state index in [1.807, 2.05) is 6.07 Å². The van der Waals surface area contributed by atoms with Gasteiger partial charge in [0.05, 0.1) is 5.69 Å². The van der Waals surface area contributed by atoms with E-state index >= 15 is 0 Å². The highest BCUT2D eigenvalue weighted by molar-refractivity contribution is 7.99. The molecule has 0 aromatic carbocycles. The molecule has 13 heavy (non-hydrogen) atoms. The summed E-state index contributed by atoms with van der Waals surface area (Å²) in [5.74, 6) is 3.49. The van der Waals surface area contributed by atoms with Crippen molar-refractivity contribution in [2.45, 2.75) is 19.3 Å². The van der Waals surface area contributed by atoms with Crippen LogP contribution in [0, 0.1) is 5.92 Å². The molecule has 0 amide bonds. The first kappa shape index (κ1) is 9.00. The summed E-state index contributed by atoms with van der Waals surface area (Å²) in [4.78, 5) is 0. The van der Waals surface area contributed by atoms with Crippen LogP contribution in [0.4, 0.5) is 0 Å². The molecular weight excluding hydrogens is 180 g/mol. The molecule has 3 heteroatoms. The highest BCUT2D eigenvalue weighted by Gasteiger charge is 2.14. The summed E-state index contributed by atoms with van der Waals surface area (Å²) >= 11 is 2.07. The normalized spacial score (nSPS) is 18.8. The lowest BCUT2D eigenvalue weighted by molar-refractivity contribution is 0.480. The second-order valence-electron chi connectivity index (χ2n) is 3.47. The largest absolute Gasteiger partial charge is 0.162 e. The van der Waals surface area contributed by atoms with Crippen molar-refractivity contribution in [2.24, 2.45) is 5.92 Å². The highest BCUT2D eigenvalue weighted by Crippen LogP contribution is 2.24. The van der Waals surface area contributed by atoms with E-state index in [0.717, 1.165) is 18.0 Å². The van der Waals surface area contributed by atoms with Crippen LogP contribution in [0.15, 0.2) is 18.3 Å². The Hall–Kier alpha value is -0.570. The fraction of sp³-hybridized carbons (Fsp3) is 0.600. The predicted octanol–water partition coefficient (Wildman–Crippen LogP) is 2.16. The third-order valence-corrected chi connectivity index (χ3v) is 3.51. The molecule has 0 atom stereocenters. The summed E-state index contributed by atoms with van der Waals surface area (Å²) in [5.41, 5.74) is 1.15. The molecule has 2 heterocycles. The van der Waals surface area contributed by atoms with Gasteiger partial charge >= 0.3 is 0 Å². The zero-order chi connectivity index (χ0) is 8.93. The van der Waals surface area contributed by atoms with Crippen LogP contribution < -0.4 is 0 Å². The molecule has 1 fully saturated rings.